The van der Waals surface area contributed by atoms with Crippen molar-refractivity contribution < 1.29 is 35.6 Å². The minimum absolute atomic E-state index is 0.0388. The van der Waals surface area contributed by atoms with E-state index in [0.29, 0.717) is 11.6 Å². The van der Waals surface area contributed by atoms with Gasteiger partial charge in [-0.3, -0.25) is 9.63 Å². The number of nitrogens with one attached hydrogen (secondary N) is 1. The Hall–Kier alpha value is -2.50. The fraction of sp³-hybridized carbons (Fsp3) is 0.316. The van der Waals surface area contributed by atoms with Crippen LogP contribution in [-0.2, 0) is 32.3 Å². The second kappa shape index (κ2) is 8.70. The minimum Gasteiger partial charge on any atom is -0.272 e. The van der Waals surface area contributed by atoms with Gasteiger partial charge in [0, 0.05) is 13.1 Å². The molecule has 30 heavy (non-hydrogen) atoms. The first kappa shape index (κ1) is 22.2. The smallest absolute Gasteiger partial charge is 0.272 e. The van der Waals surface area contributed by atoms with E-state index in [-0.39, 0.29) is 25.9 Å². The van der Waals surface area contributed by atoms with Gasteiger partial charge in [0.15, 0.2) is 0 Å². The predicted octanol–water partition coefficient (Wildman–Crippen LogP) is 2.90. The van der Waals surface area contributed by atoms with Crippen LogP contribution in [0.3, 0.4) is 0 Å². The summed E-state index contributed by atoms with van der Waals surface area (Å²) in [4.78, 5) is 16.7. The van der Waals surface area contributed by atoms with Gasteiger partial charge in [0.05, 0.1) is 16.9 Å². The SMILES string of the molecule is O=C(Cc1ccc(F)cc1)NO[C@H]1CCN(S(=O)(=O)c2cccc(C(F)(F)F)c2)C1. The number of benzene rings is 2. The molecule has 1 amide bonds. The van der Waals surface area contributed by atoms with Gasteiger partial charge >= 0.3 is 6.18 Å². The van der Waals surface area contributed by atoms with Crippen LogP contribution in [0.2, 0.25) is 0 Å². The first-order valence-corrected chi connectivity index (χ1v) is 10.4. The Bertz CT molecular complexity index is 1010. The molecule has 11 heteroatoms. The molecule has 0 saturated carbocycles. The molecule has 162 valence electrons. The number of nitrogens with zero attached hydrogens (tertiary/aromatic N) is 1. The molecule has 1 aliphatic rings. The van der Waals surface area contributed by atoms with Crippen LogP contribution in [0.25, 0.3) is 0 Å². The summed E-state index contributed by atoms with van der Waals surface area (Å²) in [5.41, 5.74) is 1.74. The molecule has 3 rings (SSSR count). The maximum absolute atomic E-state index is 12.9. The Labute approximate surface area is 170 Å². The van der Waals surface area contributed by atoms with Crippen molar-refractivity contribution in [2.24, 2.45) is 0 Å². The lowest BCUT2D eigenvalue weighted by Crippen LogP contribution is -2.34. The van der Waals surface area contributed by atoms with Crippen LogP contribution in [0, 0.1) is 5.82 Å². The Morgan fingerprint density at radius 2 is 1.87 bits per heavy atom. The van der Waals surface area contributed by atoms with Crippen molar-refractivity contribution >= 4 is 15.9 Å². The normalized spacial score (nSPS) is 17.8. The highest BCUT2D eigenvalue weighted by Gasteiger charge is 2.36. The van der Waals surface area contributed by atoms with E-state index in [2.05, 4.69) is 5.48 Å². The molecular weight excluding hydrogens is 428 g/mol. The molecule has 0 bridgehead atoms. The number of amides is 1. The molecule has 0 spiro atoms. The van der Waals surface area contributed by atoms with Gasteiger partial charge in [0.1, 0.15) is 11.9 Å². The largest absolute Gasteiger partial charge is 0.416 e. The molecule has 0 radical (unpaired) electrons. The lowest BCUT2D eigenvalue weighted by molar-refractivity contribution is -0.138. The van der Waals surface area contributed by atoms with Crippen molar-refractivity contribution in [2.75, 3.05) is 13.1 Å². The molecule has 2 aromatic rings. The predicted molar refractivity (Wildman–Crippen MR) is 97.9 cm³/mol. The van der Waals surface area contributed by atoms with Crippen molar-refractivity contribution in [3.8, 4) is 0 Å². The number of rotatable bonds is 6. The number of alkyl halides is 3. The molecule has 1 atom stereocenters. The Balaban J connectivity index is 1.57. The van der Waals surface area contributed by atoms with E-state index < -0.39 is 44.5 Å². The van der Waals surface area contributed by atoms with Crippen LogP contribution in [-0.4, -0.2) is 37.8 Å². The zero-order valence-corrected chi connectivity index (χ0v) is 16.3. The summed E-state index contributed by atoms with van der Waals surface area (Å²) in [6, 6.07) is 8.87. The molecule has 0 unspecified atom stereocenters. The van der Waals surface area contributed by atoms with Crippen molar-refractivity contribution in [2.45, 2.75) is 30.0 Å². The van der Waals surface area contributed by atoms with Crippen molar-refractivity contribution in [3.05, 3.63) is 65.5 Å². The Kier molecular flexibility index (Phi) is 6.44. The van der Waals surface area contributed by atoms with Gasteiger partial charge in [-0.15, -0.1) is 0 Å². The molecule has 1 fully saturated rings. The van der Waals surface area contributed by atoms with Crippen LogP contribution in [0.15, 0.2) is 53.4 Å². The van der Waals surface area contributed by atoms with Gasteiger partial charge in [-0.05, 0) is 42.3 Å². The van der Waals surface area contributed by atoms with E-state index in [1.54, 1.807) is 0 Å². The molecule has 1 saturated heterocycles. The third kappa shape index (κ3) is 5.35. The van der Waals surface area contributed by atoms with E-state index in [4.69, 9.17) is 4.84 Å². The van der Waals surface area contributed by atoms with Crippen molar-refractivity contribution in [1.82, 2.24) is 9.79 Å². The maximum Gasteiger partial charge on any atom is 0.416 e. The van der Waals surface area contributed by atoms with Gasteiger partial charge in [-0.2, -0.15) is 17.5 Å². The minimum atomic E-state index is -4.66. The highest BCUT2D eigenvalue weighted by atomic mass is 32.2. The second-order valence-corrected chi connectivity index (χ2v) is 8.68. The van der Waals surface area contributed by atoms with Crippen molar-refractivity contribution in [3.63, 3.8) is 0 Å². The molecule has 1 N–H and O–H groups in total. The van der Waals surface area contributed by atoms with Crippen LogP contribution in [0.4, 0.5) is 17.6 Å². The Morgan fingerprint density at radius 1 is 1.17 bits per heavy atom. The lowest BCUT2D eigenvalue weighted by Gasteiger charge is -2.17. The molecule has 0 aromatic heterocycles. The van der Waals surface area contributed by atoms with Gasteiger partial charge in [-0.25, -0.2) is 18.3 Å². The number of carbonyl (C=O) groups excluding carboxylic acids is 1. The van der Waals surface area contributed by atoms with Crippen molar-refractivity contribution in [1.29, 1.82) is 0 Å². The summed E-state index contributed by atoms with van der Waals surface area (Å²) < 4.78 is 77.8. The van der Waals surface area contributed by atoms with Crippen LogP contribution in [0.1, 0.15) is 17.5 Å². The van der Waals surface area contributed by atoms with E-state index in [1.165, 1.54) is 24.3 Å². The number of hydrogen-bond acceptors (Lipinski definition) is 4. The van der Waals surface area contributed by atoms with E-state index >= 15 is 0 Å². The fourth-order valence-electron chi connectivity index (χ4n) is 2.97. The van der Waals surface area contributed by atoms with Crippen LogP contribution < -0.4 is 5.48 Å². The van der Waals surface area contributed by atoms with Gasteiger partial charge in [-0.1, -0.05) is 18.2 Å². The zero-order chi connectivity index (χ0) is 21.9. The maximum atomic E-state index is 12.9. The second-order valence-electron chi connectivity index (χ2n) is 6.75. The quantitative estimate of drug-likeness (QED) is 0.547. The highest BCUT2D eigenvalue weighted by molar-refractivity contribution is 7.89. The number of hydrogen-bond donors (Lipinski definition) is 1. The average Bonchev–Trinajstić information content (AvgIpc) is 3.18. The summed E-state index contributed by atoms with van der Waals surface area (Å²) >= 11 is 0. The molecule has 1 heterocycles. The van der Waals surface area contributed by atoms with E-state index in [1.807, 2.05) is 0 Å². The summed E-state index contributed by atoms with van der Waals surface area (Å²) in [6.45, 7) is -0.0769. The molecule has 2 aromatic carbocycles. The summed E-state index contributed by atoms with van der Waals surface area (Å²) in [6.07, 6.45) is -5.10. The first-order valence-electron chi connectivity index (χ1n) is 8.92. The third-order valence-corrected chi connectivity index (χ3v) is 6.39. The molecule has 1 aliphatic heterocycles. The lowest BCUT2D eigenvalue weighted by atomic mass is 10.1. The van der Waals surface area contributed by atoms with E-state index in [9.17, 15) is 30.8 Å². The summed E-state index contributed by atoms with van der Waals surface area (Å²) in [5.74, 6) is -0.927. The standard InChI is InChI=1S/C19H18F4N2O4S/c20-15-6-4-13(5-7-15)10-18(26)24-29-16-8-9-25(12-16)30(27,28)17-3-1-2-14(11-17)19(21,22)23/h1-7,11,16H,8-10,12H2,(H,24,26)/t16-/m0/s1. The van der Waals surface area contributed by atoms with Gasteiger partial charge < -0.3 is 0 Å². The molecule has 6 nitrogen and oxygen atoms in total. The van der Waals surface area contributed by atoms with Crippen LogP contribution in [0.5, 0.6) is 0 Å². The van der Waals surface area contributed by atoms with Gasteiger partial charge in [0.25, 0.3) is 0 Å². The molecular formula is C19H18F4N2O4S. The molecule has 0 aliphatic carbocycles. The number of carbonyl (C=O) groups is 1. The highest BCUT2D eigenvalue weighted by Crippen LogP contribution is 2.31. The summed E-state index contributed by atoms with van der Waals surface area (Å²) in [7, 11) is -4.14. The monoisotopic (exact) mass is 446 g/mol. The number of halogens is 4. The zero-order valence-electron chi connectivity index (χ0n) is 15.5. The summed E-state index contributed by atoms with van der Waals surface area (Å²) in [5, 5.41) is 0. The number of hydroxylamine groups is 1. The average molecular weight is 446 g/mol. The van der Waals surface area contributed by atoms with Gasteiger partial charge in [0.2, 0.25) is 15.9 Å². The Morgan fingerprint density at radius 3 is 2.53 bits per heavy atom. The van der Waals surface area contributed by atoms with Crippen LogP contribution >= 0.6 is 0 Å². The third-order valence-electron chi connectivity index (χ3n) is 4.52. The topological polar surface area (TPSA) is 75.7 Å². The van der Waals surface area contributed by atoms with E-state index in [0.717, 1.165) is 22.5 Å². The first-order chi connectivity index (χ1) is 14.1. The fourth-order valence-corrected chi connectivity index (χ4v) is 4.50. The number of sulfonamides is 1.